The number of rotatable bonds is 10. The van der Waals surface area contributed by atoms with Gasteiger partial charge in [0.2, 0.25) is 5.91 Å². The summed E-state index contributed by atoms with van der Waals surface area (Å²) in [7, 11) is 0. The molecule has 1 amide bonds. The SMILES string of the molecule is O=C(Cc1ccccn1)Cc1nnc(C2CCC(Cc3ccc(NC(=O)Cc4ccccn4)nn3)C2)s1. The van der Waals surface area contributed by atoms with Gasteiger partial charge in [-0.2, -0.15) is 5.10 Å². The van der Waals surface area contributed by atoms with Crippen LogP contribution in [0.25, 0.3) is 0 Å². The quantitative estimate of drug-likeness (QED) is 0.340. The summed E-state index contributed by atoms with van der Waals surface area (Å²) in [6, 6.07) is 14.8. The lowest BCUT2D eigenvalue weighted by Crippen LogP contribution is -2.16. The Hall–Kier alpha value is -3.92. The molecule has 0 radical (unpaired) electrons. The topological polar surface area (TPSA) is 124 Å². The summed E-state index contributed by atoms with van der Waals surface area (Å²) >= 11 is 1.55. The van der Waals surface area contributed by atoms with Crippen molar-refractivity contribution in [3.8, 4) is 0 Å². The van der Waals surface area contributed by atoms with Crippen LogP contribution in [0, 0.1) is 5.92 Å². The molecule has 0 aliphatic heterocycles. The van der Waals surface area contributed by atoms with Crippen molar-refractivity contribution < 1.29 is 9.59 Å². The second-order valence-electron chi connectivity index (χ2n) is 9.28. The van der Waals surface area contributed by atoms with E-state index in [1.54, 1.807) is 29.8 Å². The number of Topliss-reactive ketones (excluding diaryl/α,β-unsaturated/α-hetero) is 1. The van der Waals surface area contributed by atoms with Crippen LogP contribution in [-0.4, -0.2) is 42.1 Å². The normalized spacial score (nSPS) is 17.0. The van der Waals surface area contributed by atoms with E-state index < -0.39 is 0 Å². The molecule has 1 aliphatic rings. The molecular formula is C27H27N7O2S. The first-order chi connectivity index (χ1) is 18.1. The minimum absolute atomic E-state index is 0.0978. The van der Waals surface area contributed by atoms with E-state index in [0.29, 0.717) is 36.2 Å². The monoisotopic (exact) mass is 513 g/mol. The van der Waals surface area contributed by atoms with E-state index in [2.05, 4.69) is 35.7 Å². The molecule has 2 atom stereocenters. The van der Waals surface area contributed by atoms with Crippen LogP contribution in [0.5, 0.6) is 0 Å². The molecule has 37 heavy (non-hydrogen) atoms. The molecule has 0 aromatic carbocycles. The minimum atomic E-state index is -0.172. The van der Waals surface area contributed by atoms with Crippen molar-refractivity contribution in [1.82, 2.24) is 30.4 Å². The van der Waals surface area contributed by atoms with Crippen LogP contribution in [0.3, 0.4) is 0 Å². The second-order valence-corrected chi connectivity index (χ2v) is 10.4. The van der Waals surface area contributed by atoms with E-state index in [1.807, 2.05) is 42.5 Å². The summed E-state index contributed by atoms with van der Waals surface area (Å²) in [5.74, 6) is 1.21. The average molecular weight is 514 g/mol. The van der Waals surface area contributed by atoms with Crippen molar-refractivity contribution >= 4 is 28.8 Å². The summed E-state index contributed by atoms with van der Waals surface area (Å²) in [6.07, 6.45) is 8.16. The molecule has 1 aliphatic carbocycles. The van der Waals surface area contributed by atoms with Gasteiger partial charge in [-0.25, -0.2) is 0 Å². The zero-order chi connectivity index (χ0) is 25.5. The second kappa shape index (κ2) is 11.9. The van der Waals surface area contributed by atoms with Crippen molar-refractivity contribution in [2.24, 2.45) is 5.92 Å². The molecule has 5 rings (SSSR count). The standard InChI is InChI=1S/C27H27N7O2S/c35-23(15-20-5-1-3-11-28-20)17-26-33-34-27(37-26)19-8-7-18(13-19)14-22-9-10-24(32-31-22)30-25(36)16-21-6-2-4-12-29-21/h1-6,9-12,18-19H,7-8,13-17H2,(H,30,32,36). The number of hydrogen-bond acceptors (Lipinski definition) is 9. The molecule has 0 bridgehead atoms. The first kappa shape index (κ1) is 24.8. The van der Waals surface area contributed by atoms with Crippen molar-refractivity contribution in [2.75, 3.05) is 5.32 Å². The fraction of sp³-hybridized carbons (Fsp3) is 0.333. The Morgan fingerprint density at radius 2 is 1.59 bits per heavy atom. The van der Waals surface area contributed by atoms with E-state index >= 15 is 0 Å². The lowest BCUT2D eigenvalue weighted by atomic mass is 10.00. The van der Waals surface area contributed by atoms with Gasteiger partial charge in [0.15, 0.2) is 5.82 Å². The molecule has 0 spiro atoms. The zero-order valence-corrected chi connectivity index (χ0v) is 21.1. The van der Waals surface area contributed by atoms with Crippen molar-refractivity contribution in [3.63, 3.8) is 0 Å². The number of anilines is 1. The first-order valence-electron chi connectivity index (χ1n) is 12.4. The van der Waals surface area contributed by atoms with Gasteiger partial charge in [0.1, 0.15) is 15.8 Å². The first-order valence-corrected chi connectivity index (χ1v) is 13.2. The smallest absolute Gasteiger partial charge is 0.231 e. The van der Waals surface area contributed by atoms with Gasteiger partial charge in [0.25, 0.3) is 0 Å². The average Bonchev–Trinajstić information content (AvgIpc) is 3.56. The van der Waals surface area contributed by atoms with Crippen LogP contribution in [-0.2, 0) is 35.3 Å². The van der Waals surface area contributed by atoms with Gasteiger partial charge in [0.05, 0.1) is 18.5 Å². The zero-order valence-electron chi connectivity index (χ0n) is 20.3. The molecule has 1 saturated carbocycles. The lowest BCUT2D eigenvalue weighted by Gasteiger charge is -2.09. The summed E-state index contributed by atoms with van der Waals surface area (Å²) in [4.78, 5) is 33.0. The summed E-state index contributed by atoms with van der Waals surface area (Å²) < 4.78 is 0. The third kappa shape index (κ3) is 7.07. The number of hydrogen-bond donors (Lipinski definition) is 1. The Morgan fingerprint density at radius 1 is 0.811 bits per heavy atom. The Morgan fingerprint density at radius 3 is 2.30 bits per heavy atom. The highest BCUT2D eigenvalue weighted by Crippen LogP contribution is 2.40. The molecule has 9 nitrogen and oxygen atoms in total. The number of carbonyl (C=O) groups is 2. The van der Waals surface area contributed by atoms with Crippen LogP contribution >= 0.6 is 11.3 Å². The highest BCUT2D eigenvalue weighted by molar-refractivity contribution is 7.11. The van der Waals surface area contributed by atoms with Gasteiger partial charge in [-0.3, -0.25) is 19.6 Å². The van der Waals surface area contributed by atoms with E-state index in [-0.39, 0.29) is 18.1 Å². The predicted molar refractivity (Wildman–Crippen MR) is 139 cm³/mol. The maximum absolute atomic E-state index is 12.4. The minimum Gasteiger partial charge on any atom is -0.309 e. The van der Waals surface area contributed by atoms with Gasteiger partial charge in [0, 0.05) is 36.1 Å². The van der Waals surface area contributed by atoms with Crippen LogP contribution < -0.4 is 5.32 Å². The predicted octanol–water partition coefficient (Wildman–Crippen LogP) is 3.78. The fourth-order valence-electron chi connectivity index (χ4n) is 4.61. The number of ketones is 1. The van der Waals surface area contributed by atoms with Crippen molar-refractivity contribution in [1.29, 1.82) is 0 Å². The number of amides is 1. The number of nitrogens with one attached hydrogen (secondary N) is 1. The van der Waals surface area contributed by atoms with E-state index in [0.717, 1.165) is 47.1 Å². The summed E-state index contributed by atoms with van der Waals surface area (Å²) in [5, 5.41) is 21.7. The van der Waals surface area contributed by atoms with E-state index in [4.69, 9.17) is 0 Å². The van der Waals surface area contributed by atoms with E-state index in [1.165, 1.54) is 0 Å². The molecule has 1 fully saturated rings. The van der Waals surface area contributed by atoms with Crippen molar-refractivity contribution in [2.45, 2.75) is 50.9 Å². The number of nitrogens with zero attached hydrogens (tertiary/aromatic N) is 6. The molecule has 4 aromatic heterocycles. The number of aromatic nitrogens is 6. The maximum Gasteiger partial charge on any atom is 0.231 e. The van der Waals surface area contributed by atoms with Crippen LogP contribution in [0.4, 0.5) is 5.82 Å². The molecular weight excluding hydrogens is 486 g/mol. The molecule has 4 heterocycles. The molecule has 0 saturated heterocycles. The molecule has 10 heteroatoms. The van der Waals surface area contributed by atoms with Gasteiger partial charge in [-0.05, 0) is 68.0 Å². The van der Waals surface area contributed by atoms with Gasteiger partial charge < -0.3 is 5.32 Å². The van der Waals surface area contributed by atoms with Gasteiger partial charge in [-0.15, -0.1) is 26.6 Å². The van der Waals surface area contributed by atoms with Crippen molar-refractivity contribution in [3.05, 3.63) is 88.0 Å². The van der Waals surface area contributed by atoms with Gasteiger partial charge >= 0.3 is 0 Å². The Kier molecular flexibility index (Phi) is 7.95. The molecule has 188 valence electrons. The third-order valence-corrected chi connectivity index (χ3v) is 7.46. The largest absolute Gasteiger partial charge is 0.309 e. The summed E-state index contributed by atoms with van der Waals surface area (Å²) in [6.45, 7) is 0. The summed E-state index contributed by atoms with van der Waals surface area (Å²) in [5.41, 5.74) is 2.39. The van der Waals surface area contributed by atoms with E-state index in [9.17, 15) is 9.59 Å². The number of carbonyl (C=O) groups excluding carboxylic acids is 2. The Labute approximate surface area is 218 Å². The Balaban J connectivity index is 1.08. The molecule has 4 aromatic rings. The highest BCUT2D eigenvalue weighted by Gasteiger charge is 2.29. The third-order valence-electron chi connectivity index (χ3n) is 6.38. The molecule has 1 N–H and O–H groups in total. The van der Waals surface area contributed by atoms with Crippen LogP contribution in [0.1, 0.15) is 52.3 Å². The fourth-order valence-corrected chi connectivity index (χ4v) is 5.63. The highest BCUT2D eigenvalue weighted by atomic mass is 32.1. The van der Waals surface area contributed by atoms with Gasteiger partial charge in [-0.1, -0.05) is 12.1 Å². The maximum atomic E-state index is 12.4. The number of pyridine rings is 2. The van der Waals surface area contributed by atoms with Crippen LogP contribution in [0.15, 0.2) is 60.9 Å². The Bertz CT molecular complexity index is 1330. The van der Waals surface area contributed by atoms with Crippen LogP contribution in [0.2, 0.25) is 0 Å². The lowest BCUT2D eigenvalue weighted by molar-refractivity contribution is -0.118. The molecule has 2 unspecified atom stereocenters.